The molecule has 7 rings (SSSR count). The molecule has 0 spiro atoms. The van der Waals surface area contributed by atoms with E-state index in [2.05, 4.69) is 25.8 Å². The molecule has 12 heteroatoms. The number of nitrogens with one attached hydrogen (secondary N) is 1. The predicted molar refractivity (Wildman–Crippen MR) is 228 cm³/mol. The van der Waals surface area contributed by atoms with E-state index in [0.717, 1.165) is 14.9 Å². The smallest absolute Gasteiger partial charge is 0.330 e. The second kappa shape index (κ2) is 16.2. The van der Waals surface area contributed by atoms with E-state index < -0.39 is 60.3 Å². The van der Waals surface area contributed by atoms with E-state index in [1.807, 2.05) is 78.9 Å². The molecule has 1 saturated heterocycles. The highest BCUT2D eigenvalue weighted by Gasteiger charge is 2.80. The SMILES string of the molecule is COc1ccc(C2(O[Si](c3ccccc3)(c3ccccc3)C(C)(C)C)C(CO)OC(C(OC)c3ccccc3)(n3ccc(=O)[nH]c3=O)C2(O)c2ccc(OC)cc2)cc1. The zero-order valence-electron chi connectivity index (χ0n) is 34.0. The largest absolute Gasteiger partial charge is 0.497 e. The highest BCUT2D eigenvalue weighted by Crippen LogP contribution is 2.67. The van der Waals surface area contributed by atoms with Gasteiger partial charge in [-0.3, -0.25) is 14.3 Å². The van der Waals surface area contributed by atoms with Crippen molar-refractivity contribution in [2.24, 2.45) is 0 Å². The maximum atomic E-state index is 15.0. The van der Waals surface area contributed by atoms with Gasteiger partial charge in [0.2, 0.25) is 5.72 Å². The van der Waals surface area contributed by atoms with Crippen LogP contribution < -0.4 is 31.1 Å². The first kappa shape index (κ1) is 41.6. The van der Waals surface area contributed by atoms with Gasteiger partial charge in [0.1, 0.15) is 29.3 Å². The lowest BCUT2D eigenvalue weighted by molar-refractivity contribution is -0.270. The summed E-state index contributed by atoms with van der Waals surface area (Å²) in [5, 5.41) is 28.1. The van der Waals surface area contributed by atoms with Gasteiger partial charge in [-0.05, 0) is 56.4 Å². The van der Waals surface area contributed by atoms with E-state index in [0.29, 0.717) is 22.6 Å². The summed E-state index contributed by atoms with van der Waals surface area (Å²) in [6.45, 7) is 5.63. The zero-order chi connectivity index (χ0) is 42.1. The van der Waals surface area contributed by atoms with Crippen molar-refractivity contribution in [2.45, 2.75) is 54.9 Å². The number of aromatic nitrogens is 2. The van der Waals surface area contributed by atoms with Gasteiger partial charge in [0.05, 0.1) is 20.8 Å². The highest BCUT2D eigenvalue weighted by atomic mass is 28.4. The summed E-state index contributed by atoms with van der Waals surface area (Å²) in [5.74, 6) is 1.03. The van der Waals surface area contributed by atoms with Gasteiger partial charge in [-0.15, -0.1) is 0 Å². The first-order valence-electron chi connectivity index (χ1n) is 19.4. The minimum absolute atomic E-state index is 0.235. The number of rotatable bonds is 13. The molecule has 5 unspecified atom stereocenters. The Kier molecular flexibility index (Phi) is 11.4. The quantitative estimate of drug-likeness (QED) is 0.132. The van der Waals surface area contributed by atoms with Crippen LogP contribution >= 0.6 is 0 Å². The predicted octanol–water partition coefficient (Wildman–Crippen LogP) is 5.35. The van der Waals surface area contributed by atoms with Gasteiger partial charge in [0.25, 0.3) is 13.9 Å². The van der Waals surface area contributed by atoms with Gasteiger partial charge in [0.15, 0.2) is 5.60 Å². The summed E-state index contributed by atoms with van der Waals surface area (Å²) in [6.07, 6.45) is -1.44. The molecule has 11 nitrogen and oxygen atoms in total. The van der Waals surface area contributed by atoms with Crippen molar-refractivity contribution in [1.29, 1.82) is 0 Å². The fourth-order valence-electron chi connectivity index (χ4n) is 9.06. The van der Waals surface area contributed by atoms with Crippen LogP contribution in [0.1, 0.15) is 43.6 Å². The Morgan fingerprint density at radius 2 is 1.22 bits per heavy atom. The van der Waals surface area contributed by atoms with E-state index in [1.165, 1.54) is 19.4 Å². The molecule has 5 atom stereocenters. The summed E-state index contributed by atoms with van der Waals surface area (Å²) >= 11 is 0. The monoisotopic (exact) mass is 814 g/mol. The summed E-state index contributed by atoms with van der Waals surface area (Å²) in [5.41, 5.74) is -7.36. The minimum atomic E-state index is -3.79. The van der Waals surface area contributed by atoms with E-state index in [9.17, 15) is 14.7 Å². The number of hydrogen-bond donors (Lipinski definition) is 3. The van der Waals surface area contributed by atoms with Crippen molar-refractivity contribution in [1.82, 2.24) is 9.55 Å². The van der Waals surface area contributed by atoms with Crippen molar-refractivity contribution < 1.29 is 33.6 Å². The lowest BCUT2D eigenvalue weighted by atomic mass is 9.65. The van der Waals surface area contributed by atoms with Gasteiger partial charge in [-0.1, -0.05) is 136 Å². The average molecular weight is 815 g/mol. The lowest BCUT2D eigenvalue weighted by Gasteiger charge is -2.56. The molecule has 2 heterocycles. The molecule has 0 radical (unpaired) electrons. The molecule has 3 N–H and O–H groups in total. The highest BCUT2D eigenvalue weighted by molar-refractivity contribution is 6.99. The Hall–Kier alpha value is -5.60. The Bertz CT molecular complexity index is 2420. The van der Waals surface area contributed by atoms with Crippen LogP contribution in [0.15, 0.2) is 161 Å². The number of nitrogens with zero attached hydrogens (tertiary/aromatic N) is 1. The Morgan fingerprint density at radius 1 is 0.729 bits per heavy atom. The minimum Gasteiger partial charge on any atom is -0.497 e. The Labute approximate surface area is 344 Å². The second-order valence-electron chi connectivity index (χ2n) is 15.7. The van der Waals surface area contributed by atoms with Crippen molar-refractivity contribution in [3.05, 3.63) is 189 Å². The van der Waals surface area contributed by atoms with Crippen molar-refractivity contribution in [2.75, 3.05) is 27.9 Å². The summed E-state index contributed by atoms with van der Waals surface area (Å²) in [4.78, 5) is 29.8. The molecule has 59 heavy (non-hydrogen) atoms. The molecule has 0 bridgehead atoms. The number of hydrogen-bond acceptors (Lipinski definition) is 9. The molecule has 1 fully saturated rings. The third-order valence-electron chi connectivity index (χ3n) is 11.6. The Balaban J connectivity index is 1.75. The van der Waals surface area contributed by atoms with Gasteiger partial charge in [-0.2, -0.15) is 0 Å². The third-order valence-corrected chi connectivity index (χ3v) is 16.7. The van der Waals surface area contributed by atoms with Crippen LogP contribution in [0.5, 0.6) is 11.5 Å². The Morgan fingerprint density at radius 3 is 1.66 bits per heavy atom. The number of methoxy groups -OCH3 is 3. The average Bonchev–Trinajstić information content (AvgIpc) is 3.48. The van der Waals surface area contributed by atoms with Gasteiger partial charge in [-0.25, -0.2) is 4.79 Å². The molecule has 0 amide bonds. The first-order chi connectivity index (χ1) is 28.4. The molecular formula is C47H50N2O9Si. The number of aliphatic hydroxyl groups excluding tert-OH is 1. The number of H-pyrrole nitrogens is 1. The van der Waals surface area contributed by atoms with Crippen LogP contribution in [-0.2, 0) is 30.8 Å². The summed E-state index contributed by atoms with van der Waals surface area (Å²) in [6, 6.07) is 44.0. The van der Waals surface area contributed by atoms with Gasteiger partial charge >= 0.3 is 5.69 Å². The molecule has 0 aliphatic carbocycles. The van der Waals surface area contributed by atoms with Crippen molar-refractivity contribution in [3.8, 4) is 11.5 Å². The topological polar surface area (TPSA) is 141 Å². The molecule has 1 aliphatic rings. The van der Waals surface area contributed by atoms with Crippen LogP contribution in [0.3, 0.4) is 0 Å². The molecule has 5 aromatic carbocycles. The van der Waals surface area contributed by atoms with Crippen LogP contribution in [0.4, 0.5) is 0 Å². The van der Waals surface area contributed by atoms with Crippen molar-refractivity contribution in [3.63, 3.8) is 0 Å². The molecule has 1 aromatic heterocycles. The number of aliphatic hydroxyl groups is 2. The van der Waals surface area contributed by atoms with Crippen LogP contribution in [-0.4, -0.2) is 62.1 Å². The second-order valence-corrected chi connectivity index (χ2v) is 19.9. The van der Waals surface area contributed by atoms with Gasteiger partial charge in [0, 0.05) is 19.4 Å². The molecular weight excluding hydrogens is 765 g/mol. The fraction of sp³-hybridized carbons (Fsp3) is 0.277. The van der Waals surface area contributed by atoms with Crippen LogP contribution in [0.2, 0.25) is 5.04 Å². The molecule has 0 saturated carbocycles. The molecule has 1 aliphatic heterocycles. The normalized spacial score (nSPS) is 22.5. The maximum Gasteiger partial charge on any atom is 0.330 e. The molecule has 306 valence electrons. The van der Waals surface area contributed by atoms with E-state index in [-0.39, 0.29) is 5.56 Å². The zero-order valence-corrected chi connectivity index (χ0v) is 35.0. The van der Waals surface area contributed by atoms with E-state index in [1.54, 1.807) is 74.9 Å². The van der Waals surface area contributed by atoms with E-state index in [4.69, 9.17) is 23.4 Å². The lowest BCUT2D eigenvalue weighted by Crippen LogP contribution is -2.74. The number of ether oxygens (including phenoxy) is 4. The fourth-order valence-corrected chi connectivity index (χ4v) is 13.9. The van der Waals surface area contributed by atoms with Crippen LogP contribution in [0, 0.1) is 0 Å². The van der Waals surface area contributed by atoms with E-state index >= 15 is 5.11 Å². The first-order valence-corrected chi connectivity index (χ1v) is 21.3. The third kappa shape index (κ3) is 6.47. The van der Waals surface area contributed by atoms with Crippen LogP contribution in [0.25, 0.3) is 0 Å². The molecule has 6 aromatic rings. The standard InChI is InChI=1S/C47H50N2O9Si/c1-44(2,3)59(38-18-12-8-13-19-38,39-20-14-9-15-21-39)58-45(34-22-26-36(54-4)27-23-34)40(32-50)57-47(49-31-30-41(51)48-43(49)52,42(56-6)33-16-10-7-11-17-33)46(45,53)35-24-28-37(55-5)29-25-35/h7-31,40,42,50,53H,32H2,1-6H3,(H,48,51,52). The summed E-state index contributed by atoms with van der Waals surface area (Å²) in [7, 11) is 0.763. The number of benzene rings is 5. The summed E-state index contributed by atoms with van der Waals surface area (Å²) < 4.78 is 34.5. The maximum absolute atomic E-state index is 15.0. The van der Waals surface area contributed by atoms with Gasteiger partial charge < -0.3 is 33.6 Å². The van der Waals surface area contributed by atoms with Crippen molar-refractivity contribution >= 4 is 18.7 Å². The number of aromatic amines is 1.